The Morgan fingerprint density at radius 2 is 1.83 bits per heavy atom. The lowest BCUT2D eigenvalue weighted by atomic mass is 10.0. The Hall–Kier alpha value is -3.32. The van der Waals surface area contributed by atoms with Crippen LogP contribution in [0.2, 0.25) is 5.02 Å². The van der Waals surface area contributed by atoms with Gasteiger partial charge >= 0.3 is 11.6 Å². The summed E-state index contributed by atoms with van der Waals surface area (Å²) in [6.45, 7) is 1.73. The first-order chi connectivity index (χ1) is 13.8. The van der Waals surface area contributed by atoms with Crippen LogP contribution in [0.5, 0.6) is 5.75 Å². The number of carbonyl (C=O) groups excluding carboxylic acids is 2. The maximum absolute atomic E-state index is 12.4. The lowest BCUT2D eigenvalue weighted by Crippen LogP contribution is -2.20. The second kappa shape index (κ2) is 8.36. The minimum absolute atomic E-state index is 0.174. The molecule has 1 aromatic heterocycles. The van der Waals surface area contributed by atoms with Gasteiger partial charge in [0.15, 0.2) is 0 Å². The second-order valence-electron chi connectivity index (χ2n) is 6.27. The van der Waals surface area contributed by atoms with Crippen LogP contribution >= 0.6 is 11.6 Å². The molecule has 0 unspecified atom stereocenters. The molecule has 29 heavy (non-hydrogen) atoms. The summed E-state index contributed by atoms with van der Waals surface area (Å²) in [7, 11) is 2.76. The molecule has 3 aromatic rings. The van der Waals surface area contributed by atoms with E-state index >= 15 is 0 Å². The van der Waals surface area contributed by atoms with E-state index in [0.717, 1.165) is 0 Å². The number of benzene rings is 2. The van der Waals surface area contributed by atoms with E-state index in [4.69, 9.17) is 20.8 Å². The summed E-state index contributed by atoms with van der Waals surface area (Å²) in [4.78, 5) is 36.3. The van der Waals surface area contributed by atoms with E-state index in [1.165, 1.54) is 26.4 Å². The Labute approximate surface area is 171 Å². The maximum Gasteiger partial charge on any atom is 0.340 e. The highest BCUT2D eigenvalue weighted by atomic mass is 35.5. The molecule has 8 heteroatoms. The van der Waals surface area contributed by atoms with E-state index in [-0.39, 0.29) is 12.0 Å². The molecule has 0 fully saturated rings. The SMILES string of the molecule is COC(=O)c1ccc(NC(=O)Cc2c(C)c3cc(Cl)c(OC)cc3oc2=O)cc1. The van der Waals surface area contributed by atoms with E-state index < -0.39 is 17.5 Å². The third-order valence-corrected chi connectivity index (χ3v) is 4.78. The highest BCUT2D eigenvalue weighted by Crippen LogP contribution is 2.31. The first-order valence-corrected chi connectivity index (χ1v) is 9.00. The standard InChI is InChI=1S/C21H18ClNO6/c1-11-14-8-16(22)18(27-2)10-17(14)29-21(26)15(11)9-19(24)23-13-6-4-12(5-7-13)20(25)28-3/h4-8,10H,9H2,1-3H3,(H,23,24). The number of methoxy groups -OCH3 is 2. The highest BCUT2D eigenvalue weighted by Gasteiger charge is 2.17. The Bertz CT molecular complexity index is 1150. The molecule has 0 aliphatic rings. The molecular formula is C21H18ClNO6. The van der Waals surface area contributed by atoms with E-state index in [0.29, 0.717) is 38.6 Å². The van der Waals surface area contributed by atoms with Gasteiger partial charge in [-0.2, -0.15) is 0 Å². The molecule has 0 saturated heterocycles. The predicted octanol–water partition coefficient (Wildman–Crippen LogP) is 3.73. The van der Waals surface area contributed by atoms with Gasteiger partial charge in [-0.15, -0.1) is 0 Å². The van der Waals surface area contributed by atoms with Crippen LogP contribution in [0.4, 0.5) is 5.69 Å². The molecule has 0 aliphatic heterocycles. The quantitative estimate of drug-likeness (QED) is 0.504. The molecule has 0 radical (unpaired) electrons. The van der Waals surface area contributed by atoms with Gasteiger partial charge in [0, 0.05) is 17.1 Å². The van der Waals surface area contributed by atoms with Crippen LogP contribution in [0, 0.1) is 6.92 Å². The van der Waals surface area contributed by atoms with Gasteiger partial charge in [0.2, 0.25) is 5.91 Å². The third kappa shape index (κ3) is 4.25. The molecule has 0 atom stereocenters. The fraction of sp³-hybridized carbons (Fsp3) is 0.190. The fourth-order valence-corrected chi connectivity index (χ4v) is 3.16. The zero-order valence-corrected chi connectivity index (χ0v) is 16.8. The average Bonchev–Trinajstić information content (AvgIpc) is 2.71. The smallest absolute Gasteiger partial charge is 0.340 e. The molecule has 1 heterocycles. The number of halogens is 1. The van der Waals surface area contributed by atoms with Crippen LogP contribution in [0.3, 0.4) is 0 Å². The molecule has 1 amide bonds. The largest absolute Gasteiger partial charge is 0.495 e. The van der Waals surface area contributed by atoms with Crippen molar-refractivity contribution in [3.05, 3.63) is 68.5 Å². The number of nitrogens with one attached hydrogen (secondary N) is 1. The normalized spacial score (nSPS) is 10.6. The first kappa shape index (κ1) is 20.4. The number of carbonyl (C=O) groups is 2. The van der Waals surface area contributed by atoms with Gasteiger partial charge < -0.3 is 19.2 Å². The van der Waals surface area contributed by atoms with Gasteiger partial charge in [-0.25, -0.2) is 9.59 Å². The molecule has 0 spiro atoms. The summed E-state index contributed by atoms with van der Waals surface area (Å²) in [5, 5.41) is 3.69. The van der Waals surface area contributed by atoms with Crippen molar-refractivity contribution in [2.75, 3.05) is 19.5 Å². The minimum Gasteiger partial charge on any atom is -0.495 e. The number of anilines is 1. The number of rotatable bonds is 5. The number of fused-ring (bicyclic) bond motifs is 1. The molecule has 0 saturated carbocycles. The van der Waals surface area contributed by atoms with Crippen LogP contribution in [0.25, 0.3) is 11.0 Å². The molecule has 0 aliphatic carbocycles. The summed E-state index contributed by atoms with van der Waals surface area (Å²) in [6, 6.07) is 9.40. The zero-order valence-electron chi connectivity index (χ0n) is 16.0. The molecule has 3 rings (SSSR count). The Morgan fingerprint density at radius 3 is 2.45 bits per heavy atom. The fourth-order valence-electron chi connectivity index (χ4n) is 2.92. The van der Waals surface area contributed by atoms with E-state index in [9.17, 15) is 14.4 Å². The first-order valence-electron chi connectivity index (χ1n) is 8.62. The Kier molecular flexibility index (Phi) is 5.89. The molecule has 150 valence electrons. The van der Waals surface area contributed by atoms with Gasteiger partial charge in [0.25, 0.3) is 0 Å². The van der Waals surface area contributed by atoms with Crippen LogP contribution < -0.4 is 15.7 Å². The van der Waals surface area contributed by atoms with E-state index in [2.05, 4.69) is 10.1 Å². The van der Waals surface area contributed by atoms with E-state index in [1.54, 1.807) is 31.2 Å². The van der Waals surface area contributed by atoms with Crippen molar-refractivity contribution in [3.8, 4) is 5.75 Å². The molecular weight excluding hydrogens is 398 g/mol. The van der Waals surface area contributed by atoms with Gasteiger partial charge in [-0.1, -0.05) is 11.6 Å². The lowest BCUT2D eigenvalue weighted by Gasteiger charge is -2.10. The monoisotopic (exact) mass is 415 g/mol. The highest BCUT2D eigenvalue weighted by molar-refractivity contribution is 6.32. The number of ether oxygens (including phenoxy) is 2. The lowest BCUT2D eigenvalue weighted by molar-refractivity contribution is -0.115. The van der Waals surface area contributed by atoms with Crippen molar-refractivity contribution in [2.24, 2.45) is 0 Å². The second-order valence-corrected chi connectivity index (χ2v) is 6.68. The Morgan fingerprint density at radius 1 is 1.14 bits per heavy atom. The van der Waals surface area contributed by atoms with E-state index in [1.807, 2.05) is 0 Å². The number of hydrogen-bond acceptors (Lipinski definition) is 6. The summed E-state index contributed by atoms with van der Waals surface area (Å²) < 4.78 is 15.1. The molecule has 1 N–H and O–H groups in total. The van der Waals surface area contributed by atoms with Gasteiger partial charge in [-0.3, -0.25) is 4.79 Å². The van der Waals surface area contributed by atoms with Gasteiger partial charge in [0.05, 0.1) is 36.8 Å². The summed E-state index contributed by atoms with van der Waals surface area (Å²) in [5.74, 6) is -0.477. The molecule has 2 aromatic carbocycles. The van der Waals surface area contributed by atoms with Crippen molar-refractivity contribution in [1.29, 1.82) is 0 Å². The van der Waals surface area contributed by atoms with Crippen LogP contribution in [-0.2, 0) is 16.0 Å². The predicted molar refractivity (Wildman–Crippen MR) is 109 cm³/mol. The Balaban J connectivity index is 1.84. The van der Waals surface area contributed by atoms with Crippen LogP contribution in [0.15, 0.2) is 45.6 Å². The zero-order chi connectivity index (χ0) is 21.1. The number of esters is 1. The summed E-state index contributed by atoms with van der Waals surface area (Å²) >= 11 is 6.17. The minimum atomic E-state index is -0.601. The average molecular weight is 416 g/mol. The summed E-state index contributed by atoms with van der Waals surface area (Å²) in [5.41, 5.74) is 1.42. The molecule has 7 nitrogen and oxygen atoms in total. The molecule has 0 bridgehead atoms. The van der Waals surface area contributed by atoms with Crippen molar-refractivity contribution >= 4 is 40.1 Å². The van der Waals surface area contributed by atoms with Crippen molar-refractivity contribution in [2.45, 2.75) is 13.3 Å². The van der Waals surface area contributed by atoms with Crippen molar-refractivity contribution in [1.82, 2.24) is 0 Å². The third-order valence-electron chi connectivity index (χ3n) is 4.49. The van der Waals surface area contributed by atoms with Crippen molar-refractivity contribution in [3.63, 3.8) is 0 Å². The number of hydrogen-bond donors (Lipinski definition) is 1. The van der Waals surface area contributed by atoms with Crippen LogP contribution in [-0.4, -0.2) is 26.1 Å². The topological polar surface area (TPSA) is 94.8 Å². The van der Waals surface area contributed by atoms with Crippen molar-refractivity contribution < 1.29 is 23.5 Å². The number of aryl methyl sites for hydroxylation is 1. The van der Waals surface area contributed by atoms with Crippen LogP contribution in [0.1, 0.15) is 21.5 Å². The number of amides is 1. The van der Waals surface area contributed by atoms with Gasteiger partial charge in [0.1, 0.15) is 11.3 Å². The van der Waals surface area contributed by atoms with Gasteiger partial charge in [-0.05, 0) is 42.8 Å². The summed E-state index contributed by atoms with van der Waals surface area (Å²) in [6.07, 6.45) is -0.174. The maximum atomic E-state index is 12.4.